The lowest BCUT2D eigenvalue weighted by molar-refractivity contribution is -0.189. The summed E-state index contributed by atoms with van der Waals surface area (Å²) in [4.78, 5) is 14.9. The van der Waals surface area contributed by atoms with Gasteiger partial charge in [-0.05, 0) is 30.3 Å². The summed E-state index contributed by atoms with van der Waals surface area (Å²) in [5.41, 5.74) is -1.39. The van der Waals surface area contributed by atoms with Crippen molar-refractivity contribution in [3.8, 4) is 28.7 Å². The van der Waals surface area contributed by atoms with Crippen molar-refractivity contribution in [2.45, 2.75) is 12.4 Å². The molecule has 0 amide bonds. The molecule has 0 N–H and O–H groups in total. The van der Waals surface area contributed by atoms with E-state index in [2.05, 4.69) is 19.9 Å². The van der Waals surface area contributed by atoms with Gasteiger partial charge in [-0.2, -0.15) is 26.3 Å². The van der Waals surface area contributed by atoms with E-state index in [0.29, 0.717) is 11.6 Å². The van der Waals surface area contributed by atoms with Crippen molar-refractivity contribution in [3.63, 3.8) is 0 Å². The van der Waals surface area contributed by atoms with E-state index in [1.54, 1.807) is 12.1 Å². The Bertz CT molecular complexity index is 999. The summed E-state index contributed by atoms with van der Waals surface area (Å²) in [6.07, 6.45) is -7.48. The number of rotatable bonds is 3. The molecule has 2 heterocycles. The first-order valence-electron chi connectivity index (χ1n) is 7.30. The lowest BCUT2D eigenvalue weighted by Crippen LogP contribution is -2.28. The first-order chi connectivity index (χ1) is 13.1. The Labute approximate surface area is 151 Å². The summed E-state index contributed by atoms with van der Waals surface area (Å²) in [6.45, 7) is 0. The molecule has 2 aromatic heterocycles. The van der Waals surface area contributed by atoms with E-state index in [9.17, 15) is 31.1 Å². The Morgan fingerprint density at radius 2 is 1.71 bits per heavy atom. The molecule has 1 aromatic carbocycles. The number of carbonyl (C=O) groups is 1. The van der Waals surface area contributed by atoms with Gasteiger partial charge in [-0.1, -0.05) is 0 Å². The monoisotopic (exact) mass is 403 g/mol. The first kappa shape index (κ1) is 19.3. The highest BCUT2D eigenvalue weighted by atomic mass is 19.4. The van der Waals surface area contributed by atoms with Gasteiger partial charge < -0.3 is 9.15 Å². The Kier molecular flexibility index (Phi) is 4.79. The lowest BCUT2D eigenvalue weighted by atomic mass is 10.1. The highest BCUT2D eigenvalue weighted by molar-refractivity contribution is 5.80. The average molecular weight is 403 g/mol. The maximum Gasteiger partial charge on any atom is 0.491 e. The molecule has 0 aliphatic rings. The van der Waals surface area contributed by atoms with Gasteiger partial charge in [0.1, 0.15) is 5.75 Å². The van der Waals surface area contributed by atoms with Gasteiger partial charge in [-0.25, -0.2) is 4.79 Å². The number of pyridine rings is 1. The maximum absolute atomic E-state index is 12.9. The molecule has 0 spiro atoms. The molecule has 6 nitrogen and oxygen atoms in total. The minimum Gasteiger partial charge on any atom is -0.419 e. The van der Waals surface area contributed by atoms with E-state index in [-0.39, 0.29) is 12.0 Å². The molecule has 3 rings (SSSR count). The SMILES string of the molecule is O=C(Oc1cc(C(F)(F)F)ccc1-c1nnc(-c2cccnc2)o1)C(F)(F)F. The molecule has 0 bridgehead atoms. The number of aromatic nitrogens is 3. The van der Waals surface area contributed by atoms with Crippen LogP contribution in [-0.2, 0) is 11.0 Å². The molecule has 0 fully saturated rings. The fourth-order valence-electron chi connectivity index (χ4n) is 2.06. The van der Waals surface area contributed by atoms with Crippen molar-refractivity contribution in [2.75, 3.05) is 0 Å². The molecule has 0 aliphatic heterocycles. The summed E-state index contributed by atoms with van der Waals surface area (Å²) in [5, 5.41) is 7.25. The van der Waals surface area contributed by atoms with Crippen LogP contribution in [0.4, 0.5) is 26.3 Å². The van der Waals surface area contributed by atoms with Crippen molar-refractivity contribution in [2.24, 2.45) is 0 Å². The number of carbonyl (C=O) groups excluding carboxylic acids is 1. The van der Waals surface area contributed by atoms with E-state index in [1.165, 1.54) is 12.4 Å². The zero-order valence-electron chi connectivity index (χ0n) is 13.4. The molecule has 0 atom stereocenters. The molecule has 28 heavy (non-hydrogen) atoms. The Morgan fingerprint density at radius 1 is 1.00 bits per heavy atom. The molecule has 0 radical (unpaired) electrons. The van der Waals surface area contributed by atoms with Crippen LogP contribution in [0, 0.1) is 0 Å². The Balaban J connectivity index is 2.05. The van der Waals surface area contributed by atoms with Crippen LogP contribution in [0.5, 0.6) is 5.75 Å². The Hall–Kier alpha value is -3.44. The van der Waals surface area contributed by atoms with Gasteiger partial charge in [0.25, 0.3) is 5.89 Å². The van der Waals surface area contributed by atoms with Gasteiger partial charge in [0.05, 0.1) is 16.7 Å². The fourth-order valence-corrected chi connectivity index (χ4v) is 2.06. The van der Waals surface area contributed by atoms with E-state index >= 15 is 0 Å². The third kappa shape index (κ3) is 4.10. The summed E-state index contributed by atoms with van der Waals surface area (Å²) >= 11 is 0. The maximum atomic E-state index is 12.9. The van der Waals surface area contributed by atoms with Gasteiger partial charge in [-0.15, -0.1) is 10.2 Å². The number of alkyl halides is 6. The topological polar surface area (TPSA) is 78.1 Å². The quantitative estimate of drug-likeness (QED) is 0.369. The molecule has 0 saturated carbocycles. The summed E-state index contributed by atoms with van der Waals surface area (Å²) < 4.78 is 85.4. The molecule has 0 aliphatic carbocycles. The number of hydrogen-bond acceptors (Lipinski definition) is 6. The predicted octanol–water partition coefficient (Wildman–Crippen LogP) is 4.29. The third-order valence-corrected chi connectivity index (χ3v) is 3.31. The second-order valence-electron chi connectivity index (χ2n) is 5.25. The van der Waals surface area contributed by atoms with E-state index in [0.717, 1.165) is 6.07 Å². The predicted molar refractivity (Wildman–Crippen MR) is 79.7 cm³/mol. The Morgan fingerprint density at radius 3 is 2.32 bits per heavy atom. The highest BCUT2D eigenvalue weighted by Crippen LogP contribution is 2.38. The zero-order chi connectivity index (χ0) is 20.5. The van der Waals surface area contributed by atoms with E-state index in [4.69, 9.17) is 4.42 Å². The van der Waals surface area contributed by atoms with Gasteiger partial charge in [0.2, 0.25) is 5.89 Å². The fraction of sp³-hybridized carbons (Fsp3) is 0.125. The average Bonchev–Trinajstić information content (AvgIpc) is 3.10. The van der Waals surface area contributed by atoms with E-state index < -0.39 is 41.1 Å². The van der Waals surface area contributed by atoms with Crippen LogP contribution in [0.15, 0.2) is 47.1 Å². The number of benzene rings is 1. The summed E-state index contributed by atoms with van der Waals surface area (Å²) in [6, 6.07) is 4.68. The number of halogens is 6. The number of ether oxygens (including phenoxy) is 1. The number of hydrogen-bond donors (Lipinski definition) is 0. The van der Waals surface area contributed by atoms with Crippen LogP contribution in [0.1, 0.15) is 5.56 Å². The van der Waals surface area contributed by atoms with Crippen LogP contribution < -0.4 is 4.74 Å². The van der Waals surface area contributed by atoms with Crippen LogP contribution in [0.2, 0.25) is 0 Å². The van der Waals surface area contributed by atoms with Gasteiger partial charge in [-0.3, -0.25) is 4.98 Å². The third-order valence-electron chi connectivity index (χ3n) is 3.31. The second-order valence-corrected chi connectivity index (χ2v) is 5.25. The van der Waals surface area contributed by atoms with Gasteiger partial charge in [0, 0.05) is 12.4 Å². The van der Waals surface area contributed by atoms with Crippen molar-refractivity contribution >= 4 is 5.97 Å². The largest absolute Gasteiger partial charge is 0.491 e. The summed E-state index contributed by atoms with van der Waals surface area (Å²) in [5.74, 6) is -4.26. The lowest BCUT2D eigenvalue weighted by Gasteiger charge is -2.12. The second kappa shape index (κ2) is 6.94. The molecular formula is C16H7F6N3O3. The minimum absolute atomic E-state index is 0.0869. The normalized spacial score (nSPS) is 12.1. The standard InChI is InChI=1S/C16H7F6N3O3/c17-15(18,19)9-3-4-10(11(6-9)27-14(26)16(20,21)22)13-25-24-12(28-13)8-2-1-5-23-7-8/h1-7H. The molecule has 0 unspecified atom stereocenters. The van der Waals surface area contributed by atoms with Crippen molar-refractivity contribution < 1.29 is 40.3 Å². The van der Waals surface area contributed by atoms with Gasteiger partial charge >= 0.3 is 18.3 Å². The smallest absolute Gasteiger partial charge is 0.419 e. The number of esters is 1. The van der Waals surface area contributed by atoms with Crippen LogP contribution in [-0.4, -0.2) is 27.3 Å². The van der Waals surface area contributed by atoms with Crippen molar-refractivity contribution in [1.82, 2.24) is 15.2 Å². The summed E-state index contributed by atoms with van der Waals surface area (Å²) in [7, 11) is 0. The molecule has 146 valence electrons. The molecular weight excluding hydrogens is 396 g/mol. The van der Waals surface area contributed by atoms with Crippen LogP contribution in [0.3, 0.4) is 0 Å². The van der Waals surface area contributed by atoms with Crippen LogP contribution in [0.25, 0.3) is 22.9 Å². The first-order valence-corrected chi connectivity index (χ1v) is 7.30. The molecule has 3 aromatic rings. The molecule has 0 saturated heterocycles. The van der Waals surface area contributed by atoms with Crippen molar-refractivity contribution in [1.29, 1.82) is 0 Å². The van der Waals surface area contributed by atoms with Crippen LogP contribution >= 0.6 is 0 Å². The van der Waals surface area contributed by atoms with Crippen molar-refractivity contribution in [3.05, 3.63) is 48.3 Å². The van der Waals surface area contributed by atoms with Gasteiger partial charge in [0.15, 0.2) is 0 Å². The van der Waals surface area contributed by atoms with E-state index in [1.807, 2.05) is 0 Å². The molecule has 12 heteroatoms. The number of nitrogens with zero attached hydrogens (tertiary/aromatic N) is 3. The highest BCUT2D eigenvalue weighted by Gasteiger charge is 2.42. The zero-order valence-corrected chi connectivity index (χ0v) is 13.4. The minimum atomic E-state index is -5.42.